The highest BCUT2D eigenvalue weighted by Gasteiger charge is 2.41. The molecule has 2 aromatic heterocycles. The fraction of sp³-hybridized carbons (Fsp3) is 0.261. The SMILES string of the molecule is Cc1cc(N2C(=S)N[C@H](c3ccccn3)[C@@H]2c2ccc(Cl)s2)ccc1NC(=O)C(C)C. The molecule has 2 N–H and O–H groups in total. The van der Waals surface area contributed by atoms with Crippen molar-refractivity contribution in [2.75, 3.05) is 10.2 Å². The molecule has 5 nitrogen and oxygen atoms in total. The molecule has 160 valence electrons. The summed E-state index contributed by atoms with van der Waals surface area (Å²) >= 11 is 13.6. The first-order valence-electron chi connectivity index (χ1n) is 10.0. The van der Waals surface area contributed by atoms with Crippen LogP contribution in [0.5, 0.6) is 0 Å². The molecule has 0 unspecified atom stereocenters. The van der Waals surface area contributed by atoms with E-state index >= 15 is 0 Å². The number of nitrogens with zero attached hydrogens (tertiary/aromatic N) is 2. The monoisotopic (exact) mass is 470 g/mol. The lowest BCUT2D eigenvalue weighted by atomic mass is 10.0. The van der Waals surface area contributed by atoms with E-state index in [1.807, 2.05) is 69.3 Å². The molecule has 0 spiro atoms. The van der Waals surface area contributed by atoms with E-state index in [2.05, 4.69) is 20.5 Å². The number of anilines is 2. The van der Waals surface area contributed by atoms with E-state index in [9.17, 15) is 4.79 Å². The third kappa shape index (κ3) is 4.44. The summed E-state index contributed by atoms with van der Waals surface area (Å²) in [5.41, 5.74) is 3.64. The number of carbonyl (C=O) groups excluding carboxylic acids is 1. The summed E-state index contributed by atoms with van der Waals surface area (Å²) in [4.78, 5) is 19.9. The Kier molecular flexibility index (Phi) is 6.27. The lowest BCUT2D eigenvalue weighted by Gasteiger charge is -2.27. The predicted molar refractivity (Wildman–Crippen MR) is 132 cm³/mol. The Bertz CT molecular complexity index is 1120. The molecule has 1 amide bonds. The van der Waals surface area contributed by atoms with Crippen molar-refractivity contribution < 1.29 is 4.79 Å². The van der Waals surface area contributed by atoms with Crippen LogP contribution in [0.2, 0.25) is 4.34 Å². The number of thiophene rings is 1. The van der Waals surface area contributed by atoms with Crippen LogP contribution in [0, 0.1) is 12.8 Å². The zero-order valence-electron chi connectivity index (χ0n) is 17.4. The van der Waals surface area contributed by atoms with E-state index in [0.717, 1.165) is 31.8 Å². The molecule has 2 atom stereocenters. The van der Waals surface area contributed by atoms with Crippen molar-refractivity contribution in [3.8, 4) is 0 Å². The number of benzene rings is 1. The molecule has 0 bridgehead atoms. The van der Waals surface area contributed by atoms with Gasteiger partial charge in [-0.2, -0.15) is 0 Å². The van der Waals surface area contributed by atoms with E-state index in [1.165, 1.54) is 0 Å². The molecule has 1 aliphatic rings. The lowest BCUT2D eigenvalue weighted by Crippen LogP contribution is -2.29. The van der Waals surface area contributed by atoms with Crippen molar-refractivity contribution in [3.05, 3.63) is 75.2 Å². The minimum atomic E-state index is -0.107. The van der Waals surface area contributed by atoms with Crippen molar-refractivity contribution in [1.82, 2.24) is 10.3 Å². The summed E-state index contributed by atoms with van der Waals surface area (Å²) < 4.78 is 0.732. The Labute approximate surface area is 196 Å². The number of rotatable bonds is 5. The van der Waals surface area contributed by atoms with Crippen LogP contribution in [0.1, 0.15) is 42.1 Å². The summed E-state index contributed by atoms with van der Waals surface area (Å²) in [6, 6.07) is 15.6. The van der Waals surface area contributed by atoms with Crippen LogP contribution in [-0.2, 0) is 4.79 Å². The number of aryl methyl sites for hydroxylation is 1. The summed E-state index contributed by atoms with van der Waals surface area (Å²) in [5.74, 6) is -0.0861. The van der Waals surface area contributed by atoms with E-state index in [1.54, 1.807) is 17.5 Å². The second-order valence-corrected chi connectivity index (χ2v) is 9.92. The number of pyridine rings is 1. The van der Waals surface area contributed by atoms with Crippen LogP contribution in [-0.4, -0.2) is 16.0 Å². The Hall–Kier alpha value is -2.48. The van der Waals surface area contributed by atoms with Crippen molar-refractivity contribution in [2.24, 2.45) is 5.92 Å². The Morgan fingerprint density at radius 1 is 1.26 bits per heavy atom. The van der Waals surface area contributed by atoms with Gasteiger partial charge < -0.3 is 15.5 Å². The second kappa shape index (κ2) is 8.94. The van der Waals surface area contributed by atoms with Gasteiger partial charge in [-0.15, -0.1) is 11.3 Å². The largest absolute Gasteiger partial charge is 0.351 e. The fourth-order valence-electron chi connectivity index (χ4n) is 3.62. The smallest absolute Gasteiger partial charge is 0.226 e. The summed E-state index contributed by atoms with van der Waals surface area (Å²) in [6.07, 6.45) is 1.79. The molecule has 1 aliphatic heterocycles. The molecular weight excluding hydrogens is 448 g/mol. The van der Waals surface area contributed by atoms with Crippen LogP contribution in [0.4, 0.5) is 11.4 Å². The minimum absolute atomic E-state index is 0.00414. The molecule has 1 aromatic carbocycles. The van der Waals surface area contributed by atoms with Crippen LogP contribution >= 0.6 is 35.2 Å². The molecule has 1 fully saturated rings. The molecule has 0 saturated carbocycles. The van der Waals surface area contributed by atoms with Gasteiger partial charge in [-0.25, -0.2) is 0 Å². The number of hydrogen-bond acceptors (Lipinski definition) is 4. The van der Waals surface area contributed by atoms with Gasteiger partial charge in [-0.3, -0.25) is 9.78 Å². The van der Waals surface area contributed by atoms with E-state index in [-0.39, 0.29) is 23.9 Å². The predicted octanol–water partition coefficient (Wildman–Crippen LogP) is 5.88. The number of carbonyl (C=O) groups is 1. The van der Waals surface area contributed by atoms with Gasteiger partial charge in [0.15, 0.2) is 5.11 Å². The van der Waals surface area contributed by atoms with Gasteiger partial charge in [0.25, 0.3) is 0 Å². The topological polar surface area (TPSA) is 57.3 Å². The molecule has 0 aliphatic carbocycles. The van der Waals surface area contributed by atoms with Gasteiger partial charge in [-0.1, -0.05) is 31.5 Å². The Morgan fingerprint density at radius 2 is 2.06 bits per heavy atom. The third-order valence-corrected chi connectivity index (χ3v) is 6.87. The maximum absolute atomic E-state index is 12.1. The lowest BCUT2D eigenvalue weighted by molar-refractivity contribution is -0.118. The quantitative estimate of drug-likeness (QED) is 0.456. The number of thiocarbonyl (C=S) groups is 1. The van der Waals surface area contributed by atoms with Crippen molar-refractivity contribution in [3.63, 3.8) is 0 Å². The average molecular weight is 471 g/mol. The zero-order valence-corrected chi connectivity index (χ0v) is 19.8. The maximum atomic E-state index is 12.1. The number of halogens is 1. The number of hydrogen-bond donors (Lipinski definition) is 2. The van der Waals surface area contributed by atoms with Gasteiger partial charge in [0, 0.05) is 28.4 Å². The van der Waals surface area contributed by atoms with Gasteiger partial charge in [-0.05, 0) is 67.2 Å². The highest BCUT2D eigenvalue weighted by atomic mass is 35.5. The van der Waals surface area contributed by atoms with Crippen molar-refractivity contribution in [1.29, 1.82) is 0 Å². The average Bonchev–Trinajstić information content (AvgIpc) is 3.32. The highest BCUT2D eigenvalue weighted by molar-refractivity contribution is 7.80. The zero-order chi connectivity index (χ0) is 22.1. The molecule has 3 heterocycles. The molecule has 8 heteroatoms. The fourth-order valence-corrected chi connectivity index (χ4v) is 5.16. The van der Waals surface area contributed by atoms with Gasteiger partial charge >= 0.3 is 0 Å². The number of aromatic nitrogens is 1. The standard InChI is InChI=1S/C23H23ClN4OS2/c1-13(2)22(29)26-16-8-7-15(12-14(16)3)28-21(18-9-10-19(24)31-18)20(27-23(28)30)17-6-4-5-11-25-17/h4-13,20-21H,1-3H3,(H,26,29)(H,27,30)/t20-,21+/m1/s1. The first-order valence-corrected chi connectivity index (χ1v) is 11.6. The normalized spacial score (nSPS) is 18.4. The van der Waals surface area contributed by atoms with E-state index < -0.39 is 0 Å². The number of nitrogens with one attached hydrogen (secondary N) is 2. The molecule has 1 saturated heterocycles. The Balaban J connectivity index is 1.73. The second-order valence-electron chi connectivity index (χ2n) is 7.78. The van der Waals surface area contributed by atoms with Gasteiger partial charge in [0.1, 0.15) is 0 Å². The molecule has 0 radical (unpaired) electrons. The van der Waals surface area contributed by atoms with Crippen LogP contribution in [0.25, 0.3) is 0 Å². The molecule has 4 rings (SSSR count). The van der Waals surface area contributed by atoms with E-state index in [0.29, 0.717) is 5.11 Å². The summed E-state index contributed by atoms with van der Waals surface area (Å²) in [6.45, 7) is 5.74. The number of amides is 1. The third-order valence-electron chi connectivity index (χ3n) is 5.25. The molecule has 31 heavy (non-hydrogen) atoms. The van der Waals surface area contributed by atoms with Crippen LogP contribution in [0.15, 0.2) is 54.7 Å². The first-order chi connectivity index (χ1) is 14.8. The molecule has 3 aromatic rings. The Morgan fingerprint density at radius 3 is 2.68 bits per heavy atom. The van der Waals surface area contributed by atoms with Crippen molar-refractivity contribution >= 4 is 57.5 Å². The van der Waals surface area contributed by atoms with Crippen LogP contribution in [0.3, 0.4) is 0 Å². The minimum Gasteiger partial charge on any atom is -0.351 e. The summed E-state index contributed by atoms with van der Waals surface area (Å²) in [7, 11) is 0. The van der Waals surface area contributed by atoms with Gasteiger partial charge in [0.2, 0.25) is 5.91 Å². The highest BCUT2D eigenvalue weighted by Crippen LogP contribution is 2.44. The van der Waals surface area contributed by atoms with E-state index in [4.69, 9.17) is 23.8 Å². The summed E-state index contributed by atoms with van der Waals surface area (Å²) in [5, 5.41) is 7.06. The maximum Gasteiger partial charge on any atom is 0.226 e. The van der Waals surface area contributed by atoms with Crippen molar-refractivity contribution in [2.45, 2.75) is 32.9 Å². The first kappa shape index (κ1) is 21.7. The molecular formula is C23H23ClN4OS2. The van der Waals surface area contributed by atoms with Crippen LogP contribution < -0.4 is 15.5 Å². The van der Waals surface area contributed by atoms with Gasteiger partial charge in [0.05, 0.1) is 22.1 Å².